The van der Waals surface area contributed by atoms with Gasteiger partial charge in [0.25, 0.3) is 5.91 Å². The molecule has 1 aromatic heterocycles. The Labute approximate surface area is 111 Å². The molecule has 1 aliphatic heterocycles. The Hall–Kier alpha value is -2.24. The van der Waals surface area contributed by atoms with Crippen LogP contribution in [-0.4, -0.2) is 47.0 Å². The Bertz CT molecular complexity index is 475. The molecule has 1 aromatic rings. The van der Waals surface area contributed by atoms with Gasteiger partial charge in [0.1, 0.15) is 0 Å². The van der Waals surface area contributed by atoms with Gasteiger partial charge in [-0.25, -0.2) is 0 Å². The fourth-order valence-corrected chi connectivity index (χ4v) is 2.14. The van der Waals surface area contributed by atoms with Gasteiger partial charge < -0.3 is 15.6 Å². The zero-order valence-corrected chi connectivity index (χ0v) is 10.5. The average molecular weight is 260 g/mol. The highest BCUT2D eigenvalue weighted by molar-refractivity contribution is 5.96. The van der Waals surface area contributed by atoms with Crippen molar-refractivity contribution in [1.82, 2.24) is 15.2 Å². The topological polar surface area (TPSA) is 86.2 Å². The van der Waals surface area contributed by atoms with E-state index in [2.05, 4.69) is 10.3 Å². The number of nitrogens with zero attached hydrogens (tertiary/aromatic N) is 2. The van der Waals surface area contributed by atoms with Crippen LogP contribution in [0.3, 0.4) is 0 Å². The quantitative estimate of drug-likeness (QED) is 0.771. The predicted octanol–water partition coefficient (Wildman–Crippen LogP) is 0.452. The molecule has 0 aliphatic carbocycles. The number of likely N-dealkylation sites (tertiary alicyclic amines) is 1. The van der Waals surface area contributed by atoms with Crippen LogP contribution in [0.15, 0.2) is 24.5 Å². The molecular formula is C13H16N4O2. The molecule has 100 valence electrons. The number of carbonyl (C=O) groups is 2. The fraction of sp³-hybridized carbons (Fsp3) is 0.385. The normalized spacial score (nSPS) is 18.1. The summed E-state index contributed by atoms with van der Waals surface area (Å²) in [6.07, 6.45) is 6.08. The van der Waals surface area contributed by atoms with Crippen LogP contribution in [0.5, 0.6) is 0 Å². The van der Waals surface area contributed by atoms with Crippen molar-refractivity contribution in [2.45, 2.75) is 18.9 Å². The van der Waals surface area contributed by atoms with Crippen molar-refractivity contribution in [3.63, 3.8) is 0 Å². The molecule has 6 heteroatoms. The molecular weight excluding hydrogens is 244 g/mol. The van der Waals surface area contributed by atoms with E-state index in [-0.39, 0.29) is 24.4 Å². The highest BCUT2D eigenvalue weighted by atomic mass is 16.2. The molecule has 0 radical (unpaired) electrons. The molecule has 19 heavy (non-hydrogen) atoms. The summed E-state index contributed by atoms with van der Waals surface area (Å²) in [5.41, 5.74) is 0.479. The number of rotatable bonds is 4. The smallest absolute Gasteiger partial charge is 0.251 e. The minimum Gasteiger partial charge on any atom is -0.343 e. The van der Waals surface area contributed by atoms with Crippen LogP contribution in [0.1, 0.15) is 23.2 Å². The van der Waals surface area contributed by atoms with Crippen molar-refractivity contribution in [2.24, 2.45) is 0 Å². The number of carbonyl (C=O) groups excluding carboxylic acids is 2. The van der Waals surface area contributed by atoms with Crippen LogP contribution < -0.4 is 5.32 Å². The molecule has 1 aliphatic rings. The minimum atomic E-state index is -0.290. The van der Waals surface area contributed by atoms with Crippen molar-refractivity contribution in [3.05, 3.63) is 30.1 Å². The van der Waals surface area contributed by atoms with Crippen molar-refractivity contribution >= 4 is 18.0 Å². The predicted molar refractivity (Wildman–Crippen MR) is 70.1 cm³/mol. The van der Waals surface area contributed by atoms with Crippen LogP contribution in [0.4, 0.5) is 0 Å². The van der Waals surface area contributed by atoms with E-state index in [4.69, 9.17) is 5.41 Å². The molecule has 0 aromatic carbocycles. The fourth-order valence-electron chi connectivity index (χ4n) is 2.14. The van der Waals surface area contributed by atoms with Gasteiger partial charge in [0.2, 0.25) is 5.91 Å². The number of nitrogens with one attached hydrogen (secondary N) is 2. The largest absolute Gasteiger partial charge is 0.343 e. The highest BCUT2D eigenvalue weighted by Gasteiger charge is 2.26. The van der Waals surface area contributed by atoms with E-state index in [1.807, 2.05) is 0 Å². The summed E-state index contributed by atoms with van der Waals surface area (Å²) in [7, 11) is 0. The molecule has 0 spiro atoms. The molecule has 2 heterocycles. The third-order valence-electron chi connectivity index (χ3n) is 3.15. The van der Waals surface area contributed by atoms with Gasteiger partial charge >= 0.3 is 0 Å². The third-order valence-corrected chi connectivity index (χ3v) is 3.15. The summed E-state index contributed by atoms with van der Waals surface area (Å²) in [4.78, 5) is 29.2. The van der Waals surface area contributed by atoms with Gasteiger partial charge in [-0.15, -0.1) is 0 Å². The number of pyridine rings is 1. The standard InChI is InChI=1S/C13H16N4O2/c14-8-11-2-1-7-17(11)12(18)9-16-13(19)10-3-5-15-6-4-10/h3-6,8,11,14H,1-2,7,9H2,(H,16,19)/t11-/m0/s1. The van der Waals surface area contributed by atoms with Crippen LogP contribution in [-0.2, 0) is 4.79 Å². The van der Waals surface area contributed by atoms with Gasteiger partial charge in [-0.1, -0.05) is 0 Å². The SMILES string of the molecule is N=C[C@@H]1CCCN1C(=O)CNC(=O)c1ccncc1. The summed E-state index contributed by atoms with van der Waals surface area (Å²) in [5, 5.41) is 9.85. The lowest BCUT2D eigenvalue weighted by atomic mass is 10.2. The summed E-state index contributed by atoms with van der Waals surface area (Å²) in [6, 6.07) is 3.07. The van der Waals surface area contributed by atoms with Gasteiger partial charge in [0.05, 0.1) is 12.6 Å². The molecule has 1 saturated heterocycles. The minimum absolute atomic E-state index is 0.0362. The van der Waals surface area contributed by atoms with Gasteiger partial charge in [-0.05, 0) is 25.0 Å². The van der Waals surface area contributed by atoms with Gasteiger partial charge in [0, 0.05) is 30.7 Å². The first-order valence-electron chi connectivity index (χ1n) is 6.20. The monoisotopic (exact) mass is 260 g/mol. The van der Waals surface area contributed by atoms with E-state index in [9.17, 15) is 9.59 Å². The summed E-state index contributed by atoms with van der Waals surface area (Å²) in [6.45, 7) is 0.621. The zero-order chi connectivity index (χ0) is 13.7. The summed E-state index contributed by atoms with van der Waals surface area (Å²) < 4.78 is 0. The van der Waals surface area contributed by atoms with E-state index in [1.54, 1.807) is 17.0 Å². The molecule has 2 rings (SSSR count). The first-order chi connectivity index (χ1) is 9.22. The Morgan fingerprint density at radius 2 is 2.21 bits per heavy atom. The number of amides is 2. The van der Waals surface area contributed by atoms with Crippen molar-refractivity contribution in [2.75, 3.05) is 13.1 Å². The second kappa shape index (κ2) is 6.08. The molecule has 0 saturated carbocycles. The number of aromatic nitrogens is 1. The maximum atomic E-state index is 11.9. The van der Waals surface area contributed by atoms with E-state index in [0.717, 1.165) is 12.8 Å². The lowest BCUT2D eigenvalue weighted by Gasteiger charge is -2.21. The van der Waals surface area contributed by atoms with E-state index < -0.39 is 0 Å². The summed E-state index contributed by atoms with van der Waals surface area (Å²) in [5.74, 6) is -0.435. The average Bonchev–Trinajstić information content (AvgIpc) is 2.93. The second-order valence-corrected chi connectivity index (χ2v) is 4.38. The molecule has 2 N–H and O–H groups in total. The van der Waals surface area contributed by atoms with Gasteiger partial charge in [-0.2, -0.15) is 0 Å². The maximum absolute atomic E-state index is 11.9. The Kier molecular flexibility index (Phi) is 4.22. The van der Waals surface area contributed by atoms with Gasteiger partial charge in [-0.3, -0.25) is 14.6 Å². The highest BCUT2D eigenvalue weighted by Crippen LogP contribution is 2.15. The first kappa shape index (κ1) is 13.2. The molecule has 0 unspecified atom stereocenters. The van der Waals surface area contributed by atoms with Crippen molar-refractivity contribution in [1.29, 1.82) is 5.41 Å². The van der Waals surface area contributed by atoms with Crippen molar-refractivity contribution in [3.8, 4) is 0 Å². The Morgan fingerprint density at radius 1 is 1.47 bits per heavy atom. The van der Waals surface area contributed by atoms with Crippen molar-refractivity contribution < 1.29 is 9.59 Å². The lowest BCUT2D eigenvalue weighted by Crippen LogP contribution is -2.43. The molecule has 1 fully saturated rings. The molecule has 6 nitrogen and oxygen atoms in total. The molecule has 2 amide bonds. The third kappa shape index (κ3) is 3.15. The zero-order valence-electron chi connectivity index (χ0n) is 10.5. The summed E-state index contributed by atoms with van der Waals surface area (Å²) >= 11 is 0. The van der Waals surface area contributed by atoms with Crippen LogP contribution >= 0.6 is 0 Å². The van der Waals surface area contributed by atoms with E-state index >= 15 is 0 Å². The van der Waals surface area contributed by atoms with Crippen LogP contribution in [0.25, 0.3) is 0 Å². The lowest BCUT2D eigenvalue weighted by molar-refractivity contribution is -0.129. The van der Waals surface area contributed by atoms with Gasteiger partial charge in [0.15, 0.2) is 0 Å². The maximum Gasteiger partial charge on any atom is 0.251 e. The van der Waals surface area contributed by atoms with E-state index in [0.29, 0.717) is 12.1 Å². The van der Waals surface area contributed by atoms with E-state index in [1.165, 1.54) is 18.6 Å². The second-order valence-electron chi connectivity index (χ2n) is 4.38. The Balaban J connectivity index is 1.87. The number of hydrogen-bond donors (Lipinski definition) is 2. The number of hydrogen-bond acceptors (Lipinski definition) is 4. The first-order valence-corrected chi connectivity index (χ1v) is 6.20. The van der Waals surface area contributed by atoms with Crippen LogP contribution in [0.2, 0.25) is 0 Å². The molecule has 0 bridgehead atoms. The van der Waals surface area contributed by atoms with Crippen LogP contribution in [0, 0.1) is 5.41 Å². The molecule has 1 atom stereocenters. The Morgan fingerprint density at radius 3 is 2.89 bits per heavy atom.